The molecule has 0 aliphatic heterocycles. The molecular formula is C14H25NOS. The van der Waals surface area contributed by atoms with Gasteiger partial charge in [-0.25, -0.2) is 0 Å². The fourth-order valence-electron chi connectivity index (χ4n) is 2.04. The monoisotopic (exact) mass is 255 g/mol. The van der Waals surface area contributed by atoms with E-state index in [0.717, 1.165) is 25.8 Å². The van der Waals surface area contributed by atoms with Gasteiger partial charge in [-0.1, -0.05) is 20.3 Å². The first kappa shape index (κ1) is 14.7. The second-order valence-electron chi connectivity index (χ2n) is 4.44. The molecule has 1 heterocycles. The molecule has 1 rings (SSSR count). The summed E-state index contributed by atoms with van der Waals surface area (Å²) in [6.45, 7) is 7.62. The minimum atomic E-state index is 0.282. The van der Waals surface area contributed by atoms with E-state index in [-0.39, 0.29) is 6.10 Å². The van der Waals surface area contributed by atoms with Crippen LogP contribution in [0.15, 0.2) is 12.1 Å². The van der Waals surface area contributed by atoms with Gasteiger partial charge in [-0.05, 0) is 38.4 Å². The van der Waals surface area contributed by atoms with Gasteiger partial charge in [0.2, 0.25) is 0 Å². The molecule has 0 aliphatic rings. The fourth-order valence-corrected chi connectivity index (χ4v) is 3.05. The first-order valence-electron chi connectivity index (χ1n) is 6.55. The maximum atomic E-state index is 5.66. The molecule has 0 aliphatic carbocycles. The van der Waals surface area contributed by atoms with Crippen molar-refractivity contribution in [2.45, 2.75) is 52.2 Å². The molecule has 17 heavy (non-hydrogen) atoms. The van der Waals surface area contributed by atoms with Crippen LogP contribution < -0.4 is 5.32 Å². The second kappa shape index (κ2) is 7.85. The topological polar surface area (TPSA) is 21.3 Å². The number of aryl methyl sites for hydroxylation is 1. The van der Waals surface area contributed by atoms with Crippen LogP contribution in [0.5, 0.6) is 0 Å². The zero-order valence-corrected chi connectivity index (χ0v) is 12.3. The average Bonchev–Trinajstić information content (AvgIpc) is 2.75. The molecule has 3 heteroatoms. The maximum Gasteiger partial charge on any atom is 0.0773 e. The van der Waals surface area contributed by atoms with E-state index >= 15 is 0 Å². The first-order chi connectivity index (χ1) is 8.22. The van der Waals surface area contributed by atoms with E-state index in [0.29, 0.717) is 6.04 Å². The molecule has 2 atom stereocenters. The van der Waals surface area contributed by atoms with E-state index < -0.39 is 0 Å². The highest BCUT2D eigenvalue weighted by Crippen LogP contribution is 2.28. The van der Waals surface area contributed by atoms with Crippen LogP contribution in [0, 0.1) is 6.92 Å². The predicted molar refractivity (Wildman–Crippen MR) is 75.8 cm³/mol. The Bertz CT molecular complexity index is 311. The Balaban J connectivity index is 2.77. The quantitative estimate of drug-likeness (QED) is 0.760. The Morgan fingerprint density at radius 1 is 1.29 bits per heavy atom. The minimum Gasteiger partial charge on any atom is -0.379 e. The third-order valence-corrected chi connectivity index (χ3v) is 4.01. The van der Waals surface area contributed by atoms with Crippen molar-refractivity contribution in [1.82, 2.24) is 5.32 Å². The minimum absolute atomic E-state index is 0.282. The predicted octanol–water partition coefficient (Wildman–Crippen LogP) is 3.91. The fraction of sp³-hybridized carbons (Fsp3) is 0.714. The largest absolute Gasteiger partial charge is 0.379 e. The summed E-state index contributed by atoms with van der Waals surface area (Å²) in [5, 5.41) is 3.62. The summed E-state index contributed by atoms with van der Waals surface area (Å²) in [5.74, 6) is 0. The molecule has 1 aromatic heterocycles. The van der Waals surface area contributed by atoms with E-state index in [9.17, 15) is 0 Å². The van der Waals surface area contributed by atoms with Crippen molar-refractivity contribution in [3.63, 3.8) is 0 Å². The lowest BCUT2D eigenvalue weighted by atomic mass is 10.0. The SMILES string of the molecule is CCCNC(c1ccc(C)s1)C(CCC)OC. The van der Waals surface area contributed by atoms with Gasteiger partial charge in [0.05, 0.1) is 12.1 Å². The van der Waals surface area contributed by atoms with Gasteiger partial charge in [-0.2, -0.15) is 0 Å². The van der Waals surface area contributed by atoms with Crippen LogP contribution in [0.25, 0.3) is 0 Å². The van der Waals surface area contributed by atoms with Gasteiger partial charge in [0.1, 0.15) is 0 Å². The molecule has 0 fully saturated rings. The van der Waals surface area contributed by atoms with Crippen molar-refractivity contribution in [1.29, 1.82) is 0 Å². The molecule has 0 aromatic carbocycles. The molecule has 98 valence electrons. The van der Waals surface area contributed by atoms with Crippen molar-refractivity contribution >= 4 is 11.3 Å². The lowest BCUT2D eigenvalue weighted by Gasteiger charge is -2.26. The van der Waals surface area contributed by atoms with Crippen LogP contribution in [0.4, 0.5) is 0 Å². The van der Waals surface area contributed by atoms with E-state index in [4.69, 9.17) is 4.74 Å². The third kappa shape index (κ3) is 4.41. The first-order valence-corrected chi connectivity index (χ1v) is 7.37. The molecular weight excluding hydrogens is 230 g/mol. The average molecular weight is 255 g/mol. The standard InChI is InChI=1S/C14H25NOS/c1-5-7-12(16-4)14(15-10-6-2)13-9-8-11(3)17-13/h8-9,12,14-15H,5-7,10H2,1-4H3. The van der Waals surface area contributed by atoms with Crippen molar-refractivity contribution in [2.24, 2.45) is 0 Å². The Kier molecular flexibility index (Phi) is 6.78. The number of thiophene rings is 1. The Hall–Kier alpha value is -0.380. The highest BCUT2D eigenvalue weighted by atomic mass is 32.1. The van der Waals surface area contributed by atoms with E-state index in [1.165, 1.54) is 9.75 Å². The van der Waals surface area contributed by atoms with Crippen LogP contribution in [-0.4, -0.2) is 19.8 Å². The highest BCUT2D eigenvalue weighted by molar-refractivity contribution is 7.12. The Morgan fingerprint density at radius 2 is 2.06 bits per heavy atom. The van der Waals surface area contributed by atoms with Crippen LogP contribution in [-0.2, 0) is 4.74 Å². The van der Waals surface area contributed by atoms with Crippen molar-refractivity contribution in [2.75, 3.05) is 13.7 Å². The molecule has 0 spiro atoms. The van der Waals surface area contributed by atoms with Crippen LogP contribution >= 0.6 is 11.3 Å². The van der Waals surface area contributed by atoms with Gasteiger partial charge in [0, 0.05) is 16.9 Å². The van der Waals surface area contributed by atoms with Crippen LogP contribution in [0.3, 0.4) is 0 Å². The van der Waals surface area contributed by atoms with E-state index in [1.807, 2.05) is 18.4 Å². The summed E-state index contributed by atoms with van der Waals surface area (Å²) in [6.07, 6.45) is 3.70. The van der Waals surface area contributed by atoms with Gasteiger partial charge in [-0.15, -0.1) is 11.3 Å². The van der Waals surface area contributed by atoms with Gasteiger partial charge >= 0.3 is 0 Å². The van der Waals surface area contributed by atoms with Crippen molar-refractivity contribution < 1.29 is 4.74 Å². The number of ether oxygens (including phenoxy) is 1. The lowest BCUT2D eigenvalue weighted by Crippen LogP contribution is -2.33. The lowest BCUT2D eigenvalue weighted by molar-refractivity contribution is 0.0616. The zero-order chi connectivity index (χ0) is 12.7. The molecule has 0 radical (unpaired) electrons. The van der Waals surface area contributed by atoms with E-state index in [1.54, 1.807) is 0 Å². The summed E-state index contributed by atoms with van der Waals surface area (Å²) in [7, 11) is 1.82. The molecule has 0 saturated carbocycles. The van der Waals surface area contributed by atoms with E-state index in [2.05, 4.69) is 38.2 Å². The number of nitrogens with one attached hydrogen (secondary N) is 1. The second-order valence-corrected chi connectivity index (χ2v) is 5.76. The third-order valence-electron chi connectivity index (χ3n) is 2.93. The summed E-state index contributed by atoms with van der Waals surface area (Å²) in [4.78, 5) is 2.77. The molecule has 2 nitrogen and oxygen atoms in total. The van der Waals surface area contributed by atoms with Gasteiger partial charge in [0.15, 0.2) is 0 Å². The number of rotatable bonds is 8. The van der Waals surface area contributed by atoms with Crippen LogP contribution in [0.1, 0.15) is 48.9 Å². The summed E-state index contributed by atoms with van der Waals surface area (Å²) < 4.78 is 5.66. The van der Waals surface area contributed by atoms with Gasteiger partial charge < -0.3 is 10.1 Å². The van der Waals surface area contributed by atoms with Crippen LogP contribution in [0.2, 0.25) is 0 Å². The number of hydrogen-bond acceptors (Lipinski definition) is 3. The van der Waals surface area contributed by atoms with Gasteiger partial charge in [0.25, 0.3) is 0 Å². The number of methoxy groups -OCH3 is 1. The van der Waals surface area contributed by atoms with Gasteiger partial charge in [-0.3, -0.25) is 0 Å². The normalized spacial score (nSPS) is 14.8. The highest BCUT2D eigenvalue weighted by Gasteiger charge is 2.22. The van der Waals surface area contributed by atoms with Crippen molar-refractivity contribution in [3.8, 4) is 0 Å². The molecule has 0 bridgehead atoms. The zero-order valence-electron chi connectivity index (χ0n) is 11.5. The Labute approximate surface area is 109 Å². The maximum absolute atomic E-state index is 5.66. The smallest absolute Gasteiger partial charge is 0.0773 e. The van der Waals surface area contributed by atoms with Crippen molar-refractivity contribution in [3.05, 3.63) is 21.9 Å². The number of hydrogen-bond donors (Lipinski definition) is 1. The molecule has 2 unspecified atom stereocenters. The summed E-state index contributed by atoms with van der Waals surface area (Å²) in [5.41, 5.74) is 0. The molecule has 0 saturated heterocycles. The molecule has 0 amide bonds. The Morgan fingerprint density at radius 3 is 2.53 bits per heavy atom. The molecule has 1 aromatic rings. The summed E-state index contributed by atoms with van der Waals surface area (Å²) >= 11 is 1.87. The molecule has 1 N–H and O–H groups in total. The summed E-state index contributed by atoms with van der Waals surface area (Å²) in [6, 6.07) is 4.77.